The highest BCUT2D eigenvalue weighted by Gasteiger charge is 2.34. The van der Waals surface area contributed by atoms with Crippen molar-refractivity contribution in [1.29, 1.82) is 0 Å². The number of halogens is 2. The maximum Gasteiger partial charge on any atom is 0.305 e. The first kappa shape index (κ1) is 26.3. The van der Waals surface area contributed by atoms with Gasteiger partial charge in [0.05, 0.1) is 12.5 Å². The molecule has 182 valence electrons. The number of carboxylic acids is 1. The van der Waals surface area contributed by atoms with Crippen LogP contribution in [0.4, 0.5) is 0 Å². The first-order valence-electron chi connectivity index (χ1n) is 11.2. The average Bonchev–Trinajstić information content (AvgIpc) is 2.85. The molecular weight excluding hydrogens is 487 g/mol. The van der Waals surface area contributed by atoms with E-state index in [1.165, 1.54) is 5.56 Å². The molecule has 1 aliphatic rings. The molecule has 0 spiro atoms. The van der Waals surface area contributed by atoms with Crippen molar-refractivity contribution >= 4 is 41.5 Å². The Morgan fingerprint density at radius 3 is 2.46 bits per heavy atom. The SMILES string of the molecule is O=C(O)CCN1C(=O)c2ccccc2CC1c1ccc(Cl)cc1Cl.O=CNCCc1ccccc1. The van der Waals surface area contributed by atoms with Crippen molar-refractivity contribution in [3.63, 3.8) is 0 Å². The molecule has 1 unspecified atom stereocenters. The zero-order valence-corrected chi connectivity index (χ0v) is 20.5. The van der Waals surface area contributed by atoms with Crippen LogP contribution in [0.2, 0.25) is 10.0 Å². The second kappa shape index (κ2) is 12.9. The van der Waals surface area contributed by atoms with Gasteiger partial charge in [-0.05, 0) is 47.7 Å². The number of carbonyl (C=O) groups excluding carboxylic acids is 2. The van der Waals surface area contributed by atoms with Crippen molar-refractivity contribution in [1.82, 2.24) is 10.2 Å². The van der Waals surface area contributed by atoms with Gasteiger partial charge in [0.25, 0.3) is 5.91 Å². The number of benzene rings is 3. The summed E-state index contributed by atoms with van der Waals surface area (Å²) >= 11 is 12.3. The molecule has 0 aliphatic carbocycles. The topological polar surface area (TPSA) is 86.7 Å². The van der Waals surface area contributed by atoms with Gasteiger partial charge < -0.3 is 15.3 Å². The van der Waals surface area contributed by atoms with Gasteiger partial charge in [0.15, 0.2) is 0 Å². The molecule has 0 saturated heterocycles. The third-order valence-corrected chi connectivity index (χ3v) is 6.23. The Bertz CT molecular complexity index is 1170. The Morgan fingerprint density at radius 2 is 1.77 bits per heavy atom. The minimum atomic E-state index is -0.942. The molecular formula is C27H26Cl2N2O4. The van der Waals surface area contributed by atoms with Gasteiger partial charge in [-0.2, -0.15) is 0 Å². The number of carbonyl (C=O) groups is 3. The molecule has 0 fully saturated rings. The summed E-state index contributed by atoms with van der Waals surface area (Å²) in [6, 6.07) is 22.3. The van der Waals surface area contributed by atoms with Gasteiger partial charge in [-0.1, -0.05) is 77.8 Å². The fraction of sp³-hybridized carbons (Fsp3) is 0.222. The van der Waals surface area contributed by atoms with E-state index in [0.29, 0.717) is 28.6 Å². The van der Waals surface area contributed by atoms with Crippen LogP contribution >= 0.6 is 23.2 Å². The van der Waals surface area contributed by atoms with Crippen molar-refractivity contribution in [2.24, 2.45) is 0 Å². The lowest BCUT2D eigenvalue weighted by Gasteiger charge is -2.37. The van der Waals surface area contributed by atoms with Gasteiger partial charge in [-0.3, -0.25) is 14.4 Å². The molecule has 35 heavy (non-hydrogen) atoms. The minimum Gasteiger partial charge on any atom is -0.481 e. The summed E-state index contributed by atoms with van der Waals surface area (Å²) in [4.78, 5) is 35.3. The Labute approximate surface area is 214 Å². The molecule has 8 heteroatoms. The van der Waals surface area contributed by atoms with E-state index >= 15 is 0 Å². The molecule has 1 atom stereocenters. The molecule has 6 nitrogen and oxygen atoms in total. The van der Waals surface area contributed by atoms with E-state index < -0.39 is 5.97 Å². The maximum atomic E-state index is 12.9. The second-order valence-electron chi connectivity index (χ2n) is 7.99. The molecule has 0 aromatic heterocycles. The molecule has 0 saturated carbocycles. The van der Waals surface area contributed by atoms with Crippen LogP contribution in [0.1, 0.15) is 39.5 Å². The molecule has 1 aliphatic heterocycles. The molecule has 3 aromatic carbocycles. The molecule has 3 aromatic rings. The van der Waals surface area contributed by atoms with E-state index in [2.05, 4.69) is 5.32 Å². The molecule has 0 radical (unpaired) electrons. The van der Waals surface area contributed by atoms with Crippen molar-refractivity contribution in [2.75, 3.05) is 13.1 Å². The van der Waals surface area contributed by atoms with Crippen LogP contribution < -0.4 is 5.32 Å². The smallest absolute Gasteiger partial charge is 0.305 e. The zero-order chi connectivity index (χ0) is 25.2. The van der Waals surface area contributed by atoms with Gasteiger partial charge in [0.2, 0.25) is 6.41 Å². The van der Waals surface area contributed by atoms with Crippen LogP contribution in [0.25, 0.3) is 0 Å². The Hall–Kier alpha value is -3.35. The van der Waals surface area contributed by atoms with E-state index in [1.807, 2.05) is 48.5 Å². The fourth-order valence-corrected chi connectivity index (χ4v) is 4.50. The highest BCUT2D eigenvalue weighted by Crippen LogP contribution is 2.37. The molecule has 1 heterocycles. The Kier molecular flexibility index (Phi) is 9.70. The van der Waals surface area contributed by atoms with Gasteiger partial charge in [-0.25, -0.2) is 0 Å². The summed E-state index contributed by atoms with van der Waals surface area (Å²) in [5.41, 5.74) is 3.57. The lowest BCUT2D eigenvalue weighted by atomic mass is 9.89. The van der Waals surface area contributed by atoms with Gasteiger partial charge in [0.1, 0.15) is 0 Å². The first-order valence-corrected chi connectivity index (χ1v) is 11.9. The van der Waals surface area contributed by atoms with E-state index in [4.69, 9.17) is 28.3 Å². The standard InChI is InChI=1S/C18H15Cl2NO3.C9H11NO/c19-12-5-6-14(15(20)10-12)16-9-11-3-1-2-4-13(11)18(24)21(16)8-7-17(22)23;11-8-10-7-6-9-4-2-1-3-5-9/h1-6,10,16H,7-9H2,(H,22,23);1-5,8H,6-7H2,(H,10,11). The summed E-state index contributed by atoms with van der Waals surface area (Å²) in [6.45, 7) is 0.847. The molecule has 2 N–H and O–H groups in total. The summed E-state index contributed by atoms with van der Waals surface area (Å²) in [7, 11) is 0. The number of rotatable bonds is 8. The lowest BCUT2D eigenvalue weighted by molar-refractivity contribution is -0.137. The van der Waals surface area contributed by atoms with E-state index in [-0.39, 0.29) is 24.9 Å². The fourth-order valence-electron chi connectivity index (χ4n) is 3.96. The van der Waals surface area contributed by atoms with Gasteiger partial charge in [-0.15, -0.1) is 0 Å². The summed E-state index contributed by atoms with van der Waals surface area (Å²) in [5, 5.41) is 12.6. The minimum absolute atomic E-state index is 0.115. The van der Waals surface area contributed by atoms with Crippen LogP contribution in [0.5, 0.6) is 0 Å². The third kappa shape index (κ3) is 7.31. The average molecular weight is 513 g/mol. The van der Waals surface area contributed by atoms with E-state index in [9.17, 15) is 14.4 Å². The van der Waals surface area contributed by atoms with Crippen LogP contribution in [-0.2, 0) is 22.4 Å². The monoisotopic (exact) mass is 512 g/mol. The number of hydrogen-bond acceptors (Lipinski definition) is 3. The number of amides is 2. The quantitative estimate of drug-likeness (QED) is 0.321. The predicted molar refractivity (Wildman–Crippen MR) is 137 cm³/mol. The van der Waals surface area contributed by atoms with Crippen LogP contribution in [0, 0.1) is 0 Å². The molecule has 2 amide bonds. The van der Waals surface area contributed by atoms with E-state index in [0.717, 1.165) is 24.0 Å². The second-order valence-corrected chi connectivity index (χ2v) is 8.84. The normalized spacial score (nSPS) is 14.4. The van der Waals surface area contributed by atoms with Crippen molar-refractivity contribution < 1.29 is 19.5 Å². The number of aliphatic carboxylic acids is 1. The van der Waals surface area contributed by atoms with E-state index in [1.54, 1.807) is 29.2 Å². The highest BCUT2D eigenvalue weighted by molar-refractivity contribution is 6.35. The molecule has 4 rings (SSSR count). The zero-order valence-electron chi connectivity index (χ0n) is 19.0. The number of fused-ring (bicyclic) bond motifs is 1. The van der Waals surface area contributed by atoms with Crippen LogP contribution in [0.15, 0.2) is 72.8 Å². The summed E-state index contributed by atoms with van der Waals surface area (Å²) in [6.07, 6.45) is 2.10. The Morgan fingerprint density at radius 1 is 1.06 bits per heavy atom. The van der Waals surface area contributed by atoms with Crippen molar-refractivity contribution in [2.45, 2.75) is 25.3 Å². The largest absolute Gasteiger partial charge is 0.481 e. The van der Waals surface area contributed by atoms with Gasteiger partial charge in [0, 0.05) is 28.7 Å². The first-order chi connectivity index (χ1) is 16.9. The van der Waals surface area contributed by atoms with Crippen molar-refractivity contribution in [3.05, 3.63) is 105 Å². The number of nitrogens with zero attached hydrogens (tertiary/aromatic N) is 1. The number of carboxylic acid groups (broad SMARTS) is 1. The highest BCUT2D eigenvalue weighted by atomic mass is 35.5. The summed E-state index contributed by atoms with van der Waals surface area (Å²) in [5.74, 6) is -1.11. The van der Waals surface area contributed by atoms with Crippen LogP contribution in [-0.4, -0.2) is 41.4 Å². The Balaban J connectivity index is 0.000000261. The predicted octanol–water partition coefficient (Wildman–Crippen LogP) is 5.18. The van der Waals surface area contributed by atoms with Crippen LogP contribution in [0.3, 0.4) is 0 Å². The maximum absolute atomic E-state index is 12.9. The number of hydrogen-bond donors (Lipinski definition) is 2. The van der Waals surface area contributed by atoms with Crippen molar-refractivity contribution in [3.8, 4) is 0 Å². The third-order valence-electron chi connectivity index (χ3n) is 5.67. The number of nitrogens with one attached hydrogen (secondary N) is 1. The van der Waals surface area contributed by atoms with Gasteiger partial charge >= 0.3 is 5.97 Å². The molecule has 0 bridgehead atoms. The lowest BCUT2D eigenvalue weighted by Crippen LogP contribution is -2.41. The summed E-state index contributed by atoms with van der Waals surface area (Å²) < 4.78 is 0.